The quantitative estimate of drug-likeness (QED) is 0.730. The van der Waals surface area contributed by atoms with Crippen LogP contribution in [0.15, 0.2) is 24.3 Å². The van der Waals surface area contributed by atoms with E-state index in [1.807, 2.05) is 4.90 Å². The number of aliphatic carboxylic acids is 1. The van der Waals surface area contributed by atoms with Crippen LogP contribution in [0.25, 0.3) is 0 Å². The highest BCUT2D eigenvalue weighted by Gasteiger charge is 2.28. The van der Waals surface area contributed by atoms with Gasteiger partial charge in [0.2, 0.25) is 0 Å². The van der Waals surface area contributed by atoms with Crippen LogP contribution in [-0.2, 0) is 4.79 Å². The second-order valence-corrected chi connectivity index (χ2v) is 4.46. The van der Waals surface area contributed by atoms with E-state index < -0.39 is 18.0 Å². The maximum Gasteiger partial charge on any atom is 0.335 e. The average Bonchev–Trinajstić information content (AvgIpc) is 2.40. The Balaban J connectivity index is 2.30. The van der Waals surface area contributed by atoms with E-state index in [4.69, 9.17) is 5.11 Å². The zero-order valence-electron chi connectivity index (χ0n) is 10.4. The number of hydrogen-bond donors (Lipinski definition) is 3. The molecule has 3 N–H and O–H groups in total. The predicted molar refractivity (Wildman–Crippen MR) is 68.2 cm³/mol. The standard InChI is InChI=1S/C13H16N2O4/c16-12(17)10-3-1-2-9(8-10)11(13(18)19)15-6-4-14-5-7-15/h1-3,8,11,14H,4-7H2,(H,16,17)(H,18,19). The van der Waals surface area contributed by atoms with Gasteiger partial charge in [0, 0.05) is 26.2 Å². The summed E-state index contributed by atoms with van der Waals surface area (Å²) in [5, 5.41) is 21.5. The van der Waals surface area contributed by atoms with E-state index in [0.29, 0.717) is 18.7 Å². The van der Waals surface area contributed by atoms with E-state index in [1.165, 1.54) is 12.1 Å². The zero-order chi connectivity index (χ0) is 13.8. The van der Waals surface area contributed by atoms with Crippen molar-refractivity contribution >= 4 is 11.9 Å². The molecule has 1 saturated heterocycles. The number of carboxylic acids is 2. The molecule has 1 aromatic carbocycles. The molecule has 1 aliphatic heterocycles. The van der Waals surface area contributed by atoms with Crippen LogP contribution in [0.1, 0.15) is 22.0 Å². The lowest BCUT2D eigenvalue weighted by Crippen LogP contribution is -2.47. The SMILES string of the molecule is O=C(O)c1cccc(C(C(=O)O)N2CCNCC2)c1. The maximum atomic E-state index is 11.5. The van der Waals surface area contributed by atoms with Crippen molar-refractivity contribution in [2.75, 3.05) is 26.2 Å². The van der Waals surface area contributed by atoms with Crippen molar-refractivity contribution in [2.45, 2.75) is 6.04 Å². The Bertz CT molecular complexity index is 483. The summed E-state index contributed by atoms with van der Waals surface area (Å²) in [6.07, 6.45) is 0. The van der Waals surface area contributed by atoms with Crippen molar-refractivity contribution in [3.63, 3.8) is 0 Å². The summed E-state index contributed by atoms with van der Waals surface area (Å²) >= 11 is 0. The first-order valence-electron chi connectivity index (χ1n) is 6.10. The molecule has 1 heterocycles. The summed E-state index contributed by atoms with van der Waals surface area (Å²) in [7, 11) is 0. The molecule has 0 saturated carbocycles. The lowest BCUT2D eigenvalue weighted by molar-refractivity contribution is -0.143. The third kappa shape index (κ3) is 3.10. The third-order valence-electron chi connectivity index (χ3n) is 3.20. The van der Waals surface area contributed by atoms with Crippen molar-refractivity contribution in [3.8, 4) is 0 Å². The van der Waals surface area contributed by atoms with Gasteiger partial charge in [0.15, 0.2) is 0 Å². The molecule has 6 heteroatoms. The molecule has 1 aromatic rings. The Kier molecular flexibility index (Phi) is 4.13. The molecule has 19 heavy (non-hydrogen) atoms. The second-order valence-electron chi connectivity index (χ2n) is 4.46. The van der Waals surface area contributed by atoms with Gasteiger partial charge < -0.3 is 15.5 Å². The fourth-order valence-corrected chi connectivity index (χ4v) is 2.29. The van der Waals surface area contributed by atoms with Gasteiger partial charge in [0.05, 0.1) is 5.56 Å². The van der Waals surface area contributed by atoms with Crippen molar-refractivity contribution in [1.82, 2.24) is 10.2 Å². The normalized spacial score (nSPS) is 17.9. The van der Waals surface area contributed by atoms with Gasteiger partial charge in [-0.3, -0.25) is 9.69 Å². The van der Waals surface area contributed by atoms with Crippen LogP contribution in [0, 0.1) is 0 Å². The Morgan fingerprint density at radius 2 is 1.89 bits per heavy atom. The van der Waals surface area contributed by atoms with Crippen LogP contribution in [0.2, 0.25) is 0 Å². The highest BCUT2D eigenvalue weighted by molar-refractivity contribution is 5.88. The van der Waals surface area contributed by atoms with Gasteiger partial charge in [0.25, 0.3) is 0 Å². The van der Waals surface area contributed by atoms with E-state index in [2.05, 4.69) is 5.32 Å². The number of benzene rings is 1. The number of piperazine rings is 1. The van der Waals surface area contributed by atoms with Crippen LogP contribution >= 0.6 is 0 Å². The molecule has 1 fully saturated rings. The van der Waals surface area contributed by atoms with E-state index in [9.17, 15) is 14.7 Å². The van der Waals surface area contributed by atoms with Crippen LogP contribution in [0.4, 0.5) is 0 Å². The molecule has 6 nitrogen and oxygen atoms in total. The second kappa shape index (κ2) is 5.81. The Morgan fingerprint density at radius 1 is 1.21 bits per heavy atom. The molecular formula is C13H16N2O4. The van der Waals surface area contributed by atoms with E-state index >= 15 is 0 Å². The van der Waals surface area contributed by atoms with Crippen LogP contribution in [0.3, 0.4) is 0 Å². The Hall–Kier alpha value is -1.92. The largest absolute Gasteiger partial charge is 0.480 e. The van der Waals surface area contributed by atoms with Gasteiger partial charge in [-0.15, -0.1) is 0 Å². The number of nitrogens with zero attached hydrogens (tertiary/aromatic N) is 1. The number of rotatable bonds is 4. The van der Waals surface area contributed by atoms with Gasteiger partial charge in [0.1, 0.15) is 6.04 Å². The minimum atomic E-state index is -1.05. The number of nitrogens with one attached hydrogen (secondary N) is 1. The molecule has 102 valence electrons. The Labute approximate surface area is 110 Å². The summed E-state index contributed by atoms with van der Waals surface area (Å²) in [5.41, 5.74) is 0.619. The fraction of sp³-hybridized carbons (Fsp3) is 0.385. The first kappa shape index (κ1) is 13.5. The van der Waals surface area contributed by atoms with Crippen LogP contribution < -0.4 is 5.32 Å². The summed E-state index contributed by atoms with van der Waals surface area (Å²) in [5.74, 6) is -2.00. The highest BCUT2D eigenvalue weighted by atomic mass is 16.4. The molecule has 0 aliphatic carbocycles. The molecule has 0 radical (unpaired) electrons. The lowest BCUT2D eigenvalue weighted by atomic mass is 10.0. The smallest absolute Gasteiger partial charge is 0.335 e. The minimum absolute atomic E-state index is 0.110. The first-order valence-corrected chi connectivity index (χ1v) is 6.10. The highest BCUT2D eigenvalue weighted by Crippen LogP contribution is 2.22. The predicted octanol–water partition coefficient (Wildman–Crippen LogP) is 0.416. The zero-order valence-corrected chi connectivity index (χ0v) is 10.4. The van der Waals surface area contributed by atoms with E-state index in [1.54, 1.807) is 12.1 Å². The molecule has 1 atom stereocenters. The van der Waals surface area contributed by atoms with Crippen molar-refractivity contribution in [1.29, 1.82) is 0 Å². The summed E-state index contributed by atoms with van der Waals surface area (Å²) in [6.45, 7) is 2.74. The summed E-state index contributed by atoms with van der Waals surface area (Å²) in [6, 6.07) is 5.34. The van der Waals surface area contributed by atoms with Crippen LogP contribution in [-0.4, -0.2) is 53.2 Å². The number of aromatic carboxylic acids is 1. The van der Waals surface area contributed by atoms with E-state index in [-0.39, 0.29) is 5.56 Å². The van der Waals surface area contributed by atoms with Crippen molar-refractivity contribution in [3.05, 3.63) is 35.4 Å². The molecule has 1 unspecified atom stereocenters. The van der Waals surface area contributed by atoms with E-state index in [0.717, 1.165) is 13.1 Å². The molecule has 2 rings (SSSR count). The maximum absolute atomic E-state index is 11.5. The first-order chi connectivity index (χ1) is 9.09. The molecular weight excluding hydrogens is 248 g/mol. The Morgan fingerprint density at radius 3 is 2.47 bits per heavy atom. The van der Waals surface area contributed by atoms with Gasteiger partial charge in [-0.1, -0.05) is 12.1 Å². The molecule has 0 spiro atoms. The summed E-state index contributed by atoms with van der Waals surface area (Å²) in [4.78, 5) is 24.3. The number of carboxylic acid groups (broad SMARTS) is 2. The van der Waals surface area contributed by atoms with Gasteiger partial charge in [-0.05, 0) is 17.7 Å². The molecule has 0 aromatic heterocycles. The van der Waals surface area contributed by atoms with Gasteiger partial charge in [-0.2, -0.15) is 0 Å². The van der Waals surface area contributed by atoms with Crippen molar-refractivity contribution < 1.29 is 19.8 Å². The minimum Gasteiger partial charge on any atom is -0.480 e. The molecule has 0 amide bonds. The van der Waals surface area contributed by atoms with Crippen LogP contribution in [0.5, 0.6) is 0 Å². The van der Waals surface area contributed by atoms with Crippen molar-refractivity contribution in [2.24, 2.45) is 0 Å². The number of hydrogen-bond acceptors (Lipinski definition) is 4. The average molecular weight is 264 g/mol. The molecule has 1 aliphatic rings. The van der Waals surface area contributed by atoms with Gasteiger partial charge in [-0.25, -0.2) is 4.79 Å². The monoisotopic (exact) mass is 264 g/mol. The van der Waals surface area contributed by atoms with Gasteiger partial charge >= 0.3 is 11.9 Å². The summed E-state index contributed by atoms with van der Waals surface area (Å²) < 4.78 is 0. The number of carbonyl (C=O) groups is 2. The third-order valence-corrected chi connectivity index (χ3v) is 3.20. The lowest BCUT2D eigenvalue weighted by Gasteiger charge is -2.32. The topological polar surface area (TPSA) is 89.9 Å². The molecule has 0 bridgehead atoms. The fourth-order valence-electron chi connectivity index (χ4n) is 2.29.